The summed E-state index contributed by atoms with van der Waals surface area (Å²) in [4.78, 5) is 19.2. The Bertz CT molecular complexity index is 591. The third-order valence-corrected chi connectivity index (χ3v) is 3.32. The van der Waals surface area contributed by atoms with Crippen LogP contribution in [0.25, 0.3) is 0 Å². The van der Waals surface area contributed by atoms with Crippen molar-refractivity contribution in [3.63, 3.8) is 0 Å². The van der Waals surface area contributed by atoms with Gasteiger partial charge in [-0.3, -0.25) is 4.79 Å². The Morgan fingerprint density at radius 1 is 1.33 bits per heavy atom. The summed E-state index contributed by atoms with van der Waals surface area (Å²) < 4.78 is 0. The molecule has 0 amide bonds. The van der Waals surface area contributed by atoms with Crippen molar-refractivity contribution in [1.29, 1.82) is 0 Å². The van der Waals surface area contributed by atoms with E-state index in [1.54, 1.807) is 13.8 Å². The third kappa shape index (κ3) is 3.21. The van der Waals surface area contributed by atoms with Crippen LogP contribution in [-0.4, -0.2) is 15.1 Å². The fourth-order valence-electron chi connectivity index (χ4n) is 1.53. The van der Waals surface area contributed by atoms with Gasteiger partial charge in [0.1, 0.15) is 0 Å². The lowest BCUT2D eigenvalue weighted by Gasteiger charge is -2.06. The van der Waals surface area contributed by atoms with Gasteiger partial charge in [0.15, 0.2) is 5.16 Å². The summed E-state index contributed by atoms with van der Waals surface area (Å²) >= 11 is 1.39. The number of aliphatic hydroxyl groups excluding tert-OH is 1. The van der Waals surface area contributed by atoms with Gasteiger partial charge in [0.05, 0.1) is 6.10 Å². The second-order valence-corrected chi connectivity index (χ2v) is 5.10. The second kappa shape index (κ2) is 5.37. The van der Waals surface area contributed by atoms with Crippen LogP contribution in [0.5, 0.6) is 0 Å². The molecule has 18 heavy (non-hydrogen) atoms. The number of aromatic amines is 1. The first-order chi connectivity index (χ1) is 8.54. The molecule has 0 spiro atoms. The molecule has 0 aliphatic carbocycles. The van der Waals surface area contributed by atoms with E-state index in [1.165, 1.54) is 17.8 Å². The van der Waals surface area contributed by atoms with Gasteiger partial charge in [-0.25, -0.2) is 4.98 Å². The molecule has 2 aromatic rings. The zero-order chi connectivity index (χ0) is 13.1. The van der Waals surface area contributed by atoms with Crippen LogP contribution in [0.1, 0.15) is 24.3 Å². The van der Waals surface area contributed by atoms with Crippen LogP contribution in [0.4, 0.5) is 0 Å². The molecule has 1 atom stereocenters. The normalized spacial score (nSPS) is 12.4. The second-order valence-electron chi connectivity index (χ2n) is 4.04. The van der Waals surface area contributed by atoms with Gasteiger partial charge in [-0.1, -0.05) is 23.9 Å². The zero-order valence-electron chi connectivity index (χ0n) is 10.2. The molecular weight excluding hydrogens is 248 g/mol. The maximum atomic E-state index is 11.3. The molecule has 0 saturated carbocycles. The number of hydrogen-bond acceptors (Lipinski definition) is 4. The number of aryl methyl sites for hydroxylation is 1. The lowest BCUT2D eigenvalue weighted by atomic mass is 10.1. The van der Waals surface area contributed by atoms with Gasteiger partial charge in [0, 0.05) is 16.7 Å². The Labute approximate surface area is 109 Å². The number of nitrogens with zero attached hydrogens (tertiary/aromatic N) is 1. The van der Waals surface area contributed by atoms with E-state index in [0.29, 0.717) is 10.9 Å². The zero-order valence-corrected chi connectivity index (χ0v) is 11.0. The van der Waals surface area contributed by atoms with Gasteiger partial charge < -0.3 is 10.1 Å². The van der Waals surface area contributed by atoms with Crippen molar-refractivity contribution in [2.75, 3.05) is 0 Å². The van der Waals surface area contributed by atoms with E-state index in [2.05, 4.69) is 9.97 Å². The molecule has 0 saturated heterocycles. The Hall–Kier alpha value is -1.59. The van der Waals surface area contributed by atoms with Crippen LogP contribution in [0.2, 0.25) is 0 Å². The highest BCUT2D eigenvalue weighted by molar-refractivity contribution is 7.99. The summed E-state index contributed by atoms with van der Waals surface area (Å²) in [6.45, 7) is 3.51. The van der Waals surface area contributed by atoms with E-state index in [1.807, 2.05) is 24.3 Å². The Morgan fingerprint density at radius 3 is 2.56 bits per heavy atom. The minimum atomic E-state index is -0.471. The van der Waals surface area contributed by atoms with Crippen LogP contribution < -0.4 is 5.56 Å². The number of rotatable bonds is 3. The molecule has 94 valence electrons. The van der Waals surface area contributed by atoms with Crippen LogP contribution in [-0.2, 0) is 0 Å². The number of hydrogen-bond donors (Lipinski definition) is 2. The molecule has 1 aromatic carbocycles. The number of benzene rings is 1. The molecule has 1 heterocycles. The first-order valence-electron chi connectivity index (χ1n) is 5.58. The quantitative estimate of drug-likeness (QED) is 0.833. The summed E-state index contributed by atoms with van der Waals surface area (Å²) in [5, 5.41) is 9.98. The fourth-order valence-corrected chi connectivity index (χ4v) is 2.36. The van der Waals surface area contributed by atoms with E-state index in [4.69, 9.17) is 0 Å². The number of nitrogens with one attached hydrogen (secondary N) is 1. The van der Waals surface area contributed by atoms with Crippen molar-refractivity contribution in [3.8, 4) is 0 Å². The van der Waals surface area contributed by atoms with Crippen molar-refractivity contribution in [1.82, 2.24) is 9.97 Å². The molecule has 2 rings (SSSR count). The van der Waals surface area contributed by atoms with Crippen molar-refractivity contribution < 1.29 is 5.11 Å². The van der Waals surface area contributed by atoms with E-state index in [9.17, 15) is 9.90 Å². The largest absolute Gasteiger partial charge is 0.389 e. The Kier molecular flexibility index (Phi) is 3.84. The fraction of sp³-hybridized carbons (Fsp3) is 0.231. The minimum Gasteiger partial charge on any atom is -0.389 e. The summed E-state index contributed by atoms with van der Waals surface area (Å²) in [5.74, 6) is 0. The molecule has 2 N–H and O–H groups in total. The lowest BCUT2D eigenvalue weighted by molar-refractivity contribution is 0.199. The standard InChI is InChI=1S/C13H14N2O2S/c1-8-7-12(17)15-13(14-8)18-11-5-3-10(4-6-11)9(2)16/h3-7,9,16H,1-2H3,(H,14,15,17)/t9-/m1/s1. The summed E-state index contributed by atoms with van der Waals surface area (Å²) in [7, 11) is 0. The van der Waals surface area contributed by atoms with Gasteiger partial charge >= 0.3 is 0 Å². The Morgan fingerprint density at radius 2 is 2.00 bits per heavy atom. The van der Waals surface area contributed by atoms with Crippen molar-refractivity contribution in [2.45, 2.75) is 30.0 Å². The summed E-state index contributed by atoms with van der Waals surface area (Å²) in [6, 6.07) is 8.98. The van der Waals surface area contributed by atoms with Gasteiger partial charge in [0.25, 0.3) is 5.56 Å². The van der Waals surface area contributed by atoms with E-state index < -0.39 is 6.10 Å². The average molecular weight is 262 g/mol. The molecular formula is C13H14N2O2S. The predicted molar refractivity (Wildman–Crippen MR) is 70.8 cm³/mol. The molecule has 4 nitrogen and oxygen atoms in total. The minimum absolute atomic E-state index is 0.148. The van der Waals surface area contributed by atoms with Crippen LogP contribution in [0.3, 0.4) is 0 Å². The molecule has 0 fully saturated rings. The maximum absolute atomic E-state index is 11.3. The molecule has 0 unspecified atom stereocenters. The van der Waals surface area contributed by atoms with E-state index in [0.717, 1.165) is 10.5 Å². The first kappa shape index (κ1) is 12.9. The maximum Gasteiger partial charge on any atom is 0.251 e. The van der Waals surface area contributed by atoms with E-state index in [-0.39, 0.29) is 5.56 Å². The molecule has 1 aromatic heterocycles. The average Bonchev–Trinajstić information content (AvgIpc) is 2.28. The van der Waals surface area contributed by atoms with Gasteiger partial charge in [-0.05, 0) is 31.5 Å². The van der Waals surface area contributed by atoms with Crippen LogP contribution in [0, 0.1) is 6.92 Å². The first-order valence-corrected chi connectivity index (χ1v) is 6.40. The Balaban J connectivity index is 2.20. The monoisotopic (exact) mass is 262 g/mol. The SMILES string of the molecule is Cc1cc(=O)[nH]c(Sc2ccc([C@@H](C)O)cc2)n1. The topological polar surface area (TPSA) is 66.0 Å². The lowest BCUT2D eigenvalue weighted by Crippen LogP contribution is -2.07. The van der Waals surface area contributed by atoms with Crippen LogP contribution >= 0.6 is 11.8 Å². The highest BCUT2D eigenvalue weighted by Crippen LogP contribution is 2.25. The number of H-pyrrole nitrogens is 1. The molecule has 0 aliphatic rings. The summed E-state index contributed by atoms with van der Waals surface area (Å²) in [5.41, 5.74) is 1.41. The molecule has 0 aliphatic heterocycles. The molecule has 0 radical (unpaired) electrons. The van der Waals surface area contributed by atoms with Crippen molar-refractivity contribution in [3.05, 3.63) is 51.9 Å². The van der Waals surface area contributed by atoms with Gasteiger partial charge in [0.2, 0.25) is 0 Å². The highest BCUT2D eigenvalue weighted by Gasteiger charge is 2.03. The smallest absolute Gasteiger partial charge is 0.251 e. The summed E-state index contributed by atoms with van der Waals surface area (Å²) in [6.07, 6.45) is -0.471. The van der Waals surface area contributed by atoms with Crippen LogP contribution in [0.15, 0.2) is 45.2 Å². The van der Waals surface area contributed by atoms with Crippen molar-refractivity contribution >= 4 is 11.8 Å². The third-order valence-electron chi connectivity index (χ3n) is 2.43. The number of aliphatic hydroxyl groups is 1. The predicted octanol–water partition coefficient (Wildman–Crippen LogP) is 2.28. The molecule has 0 bridgehead atoms. The van der Waals surface area contributed by atoms with Crippen molar-refractivity contribution in [2.24, 2.45) is 0 Å². The molecule has 5 heteroatoms. The van der Waals surface area contributed by atoms with Gasteiger partial charge in [-0.2, -0.15) is 0 Å². The van der Waals surface area contributed by atoms with E-state index >= 15 is 0 Å². The highest BCUT2D eigenvalue weighted by atomic mass is 32.2. The van der Waals surface area contributed by atoms with Gasteiger partial charge in [-0.15, -0.1) is 0 Å². The number of aromatic nitrogens is 2.